The topological polar surface area (TPSA) is 48.9 Å². The molecule has 5 nitrogen and oxygen atoms in total. The molecule has 1 aromatic rings. The SMILES string of the molecule is C#CCNC(=NCc1ccc(OCCCN(C)C)cc1)NCC.I. The van der Waals surface area contributed by atoms with Crippen molar-refractivity contribution in [2.75, 3.05) is 40.3 Å². The van der Waals surface area contributed by atoms with E-state index in [0.29, 0.717) is 13.1 Å². The van der Waals surface area contributed by atoms with E-state index in [2.05, 4.69) is 40.5 Å². The molecular formula is C18H29IN4O. The Morgan fingerprint density at radius 1 is 1.25 bits per heavy atom. The van der Waals surface area contributed by atoms with Crippen LogP contribution in [0, 0.1) is 12.3 Å². The Labute approximate surface area is 163 Å². The van der Waals surface area contributed by atoms with E-state index in [9.17, 15) is 0 Å². The van der Waals surface area contributed by atoms with Crippen molar-refractivity contribution in [2.45, 2.75) is 19.9 Å². The molecule has 0 aliphatic rings. The highest BCUT2D eigenvalue weighted by Gasteiger charge is 1.98. The van der Waals surface area contributed by atoms with Gasteiger partial charge in [-0.1, -0.05) is 18.1 Å². The molecule has 1 rings (SSSR count). The molecule has 0 heterocycles. The molecule has 0 aliphatic heterocycles. The molecule has 6 heteroatoms. The Bertz CT molecular complexity index is 509. The van der Waals surface area contributed by atoms with Crippen molar-refractivity contribution < 1.29 is 4.74 Å². The van der Waals surface area contributed by atoms with E-state index in [0.717, 1.165) is 43.4 Å². The molecule has 0 aliphatic carbocycles. The van der Waals surface area contributed by atoms with Crippen molar-refractivity contribution in [1.29, 1.82) is 0 Å². The minimum absolute atomic E-state index is 0. The van der Waals surface area contributed by atoms with Crippen LogP contribution in [0.4, 0.5) is 0 Å². The first-order chi connectivity index (χ1) is 11.2. The maximum absolute atomic E-state index is 5.72. The standard InChI is InChI=1S/C18H28N4O.HI/c1-5-12-20-18(19-6-2)21-15-16-8-10-17(11-9-16)23-14-7-13-22(3)4;/h1,8-11H,6-7,12-15H2,2-4H3,(H2,19,20,21);1H. The monoisotopic (exact) mass is 444 g/mol. The molecule has 1 aromatic carbocycles. The number of ether oxygens (including phenoxy) is 1. The summed E-state index contributed by atoms with van der Waals surface area (Å²) in [5.74, 6) is 4.17. The van der Waals surface area contributed by atoms with E-state index >= 15 is 0 Å². The molecule has 0 bridgehead atoms. The van der Waals surface area contributed by atoms with E-state index in [-0.39, 0.29) is 24.0 Å². The van der Waals surface area contributed by atoms with Crippen LogP contribution in [-0.4, -0.2) is 51.2 Å². The number of rotatable bonds is 9. The van der Waals surface area contributed by atoms with Gasteiger partial charge in [-0.25, -0.2) is 4.99 Å². The highest BCUT2D eigenvalue weighted by molar-refractivity contribution is 14.0. The van der Waals surface area contributed by atoms with Crippen LogP contribution in [-0.2, 0) is 6.54 Å². The van der Waals surface area contributed by atoms with Gasteiger partial charge in [-0.15, -0.1) is 30.4 Å². The lowest BCUT2D eigenvalue weighted by Crippen LogP contribution is -2.37. The fourth-order valence-electron chi connectivity index (χ4n) is 1.91. The number of hydrogen-bond acceptors (Lipinski definition) is 3. The summed E-state index contributed by atoms with van der Waals surface area (Å²) in [6.45, 7) is 5.65. The predicted octanol–water partition coefficient (Wildman–Crippen LogP) is 2.32. The first kappa shape index (κ1) is 22.5. The highest BCUT2D eigenvalue weighted by atomic mass is 127. The summed E-state index contributed by atoms with van der Waals surface area (Å²) in [7, 11) is 4.13. The summed E-state index contributed by atoms with van der Waals surface area (Å²) >= 11 is 0. The molecule has 24 heavy (non-hydrogen) atoms. The van der Waals surface area contributed by atoms with Gasteiger partial charge in [0.25, 0.3) is 0 Å². The van der Waals surface area contributed by atoms with Crippen LogP contribution >= 0.6 is 24.0 Å². The molecular weight excluding hydrogens is 415 g/mol. The largest absolute Gasteiger partial charge is 0.494 e. The number of hydrogen-bond donors (Lipinski definition) is 2. The molecule has 0 unspecified atom stereocenters. The first-order valence-corrected chi connectivity index (χ1v) is 7.97. The Morgan fingerprint density at radius 3 is 2.54 bits per heavy atom. The first-order valence-electron chi connectivity index (χ1n) is 7.97. The van der Waals surface area contributed by atoms with Gasteiger partial charge >= 0.3 is 0 Å². The third-order valence-corrected chi connectivity index (χ3v) is 3.06. The molecule has 0 aromatic heterocycles. The molecule has 0 saturated heterocycles. The zero-order valence-electron chi connectivity index (χ0n) is 14.8. The van der Waals surface area contributed by atoms with Crippen molar-refractivity contribution in [2.24, 2.45) is 4.99 Å². The van der Waals surface area contributed by atoms with Crippen LogP contribution in [0.25, 0.3) is 0 Å². The van der Waals surface area contributed by atoms with Crippen LogP contribution in [0.2, 0.25) is 0 Å². The lowest BCUT2D eigenvalue weighted by atomic mass is 10.2. The van der Waals surface area contributed by atoms with Crippen LogP contribution in [0.3, 0.4) is 0 Å². The van der Waals surface area contributed by atoms with Crippen molar-refractivity contribution in [3.8, 4) is 18.1 Å². The molecule has 0 saturated carbocycles. The second kappa shape index (κ2) is 13.9. The second-order valence-electron chi connectivity index (χ2n) is 5.40. The second-order valence-corrected chi connectivity index (χ2v) is 5.40. The number of nitrogens with zero attached hydrogens (tertiary/aromatic N) is 2. The average Bonchev–Trinajstić information content (AvgIpc) is 2.55. The molecule has 0 spiro atoms. The zero-order valence-corrected chi connectivity index (χ0v) is 17.2. The molecule has 0 fully saturated rings. The van der Waals surface area contributed by atoms with E-state index in [4.69, 9.17) is 11.2 Å². The quantitative estimate of drug-likeness (QED) is 0.202. The lowest BCUT2D eigenvalue weighted by Gasteiger charge is -2.11. The van der Waals surface area contributed by atoms with Gasteiger partial charge in [0.05, 0.1) is 19.7 Å². The zero-order chi connectivity index (χ0) is 16.9. The van der Waals surface area contributed by atoms with Crippen molar-refractivity contribution >= 4 is 29.9 Å². The Morgan fingerprint density at radius 2 is 1.96 bits per heavy atom. The number of terminal acetylenes is 1. The van der Waals surface area contributed by atoms with Gasteiger partial charge in [0.1, 0.15) is 5.75 Å². The molecule has 134 valence electrons. The van der Waals surface area contributed by atoms with Crippen molar-refractivity contribution in [3.63, 3.8) is 0 Å². The average molecular weight is 444 g/mol. The molecule has 2 N–H and O–H groups in total. The van der Waals surface area contributed by atoms with E-state index in [1.165, 1.54) is 0 Å². The molecule has 0 radical (unpaired) electrons. The van der Waals surface area contributed by atoms with Gasteiger partial charge in [-0.05, 0) is 45.1 Å². The van der Waals surface area contributed by atoms with E-state index < -0.39 is 0 Å². The maximum Gasteiger partial charge on any atom is 0.192 e. The third-order valence-electron chi connectivity index (χ3n) is 3.06. The fourth-order valence-corrected chi connectivity index (χ4v) is 1.91. The Balaban J connectivity index is 0.00000529. The van der Waals surface area contributed by atoms with Crippen LogP contribution in [0.5, 0.6) is 5.75 Å². The lowest BCUT2D eigenvalue weighted by molar-refractivity contribution is 0.281. The smallest absolute Gasteiger partial charge is 0.192 e. The normalized spacial score (nSPS) is 10.7. The van der Waals surface area contributed by atoms with Crippen molar-refractivity contribution in [1.82, 2.24) is 15.5 Å². The van der Waals surface area contributed by atoms with Crippen molar-refractivity contribution in [3.05, 3.63) is 29.8 Å². The number of nitrogens with one attached hydrogen (secondary N) is 2. The highest BCUT2D eigenvalue weighted by Crippen LogP contribution is 2.13. The minimum Gasteiger partial charge on any atom is -0.494 e. The Kier molecular flexibility index (Phi) is 13.1. The third kappa shape index (κ3) is 10.3. The summed E-state index contributed by atoms with van der Waals surface area (Å²) in [5.41, 5.74) is 1.13. The maximum atomic E-state index is 5.72. The molecule has 0 atom stereocenters. The summed E-state index contributed by atoms with van der Waals surface area (Å²) in [4.78, 5) is 6.65. The van der Waals surface area contributed by atoms with Gasteiger partial charge in [-0.2, -0.15) is 0 Å². The summed E-state index contributed by atoms with van der Waals surface area (Å²) < 4.78 is 5.72. The number of aliphatic imine (C=N–C) groups is 1. The summed E-state index contributed by atoms with van der Waals surface area (Å²) in [5, 5.41) is 6.23. The van der Waals surface area contributed by atoms with E-state index in [1.54, 1.807) is 0 Å². The Hall–Kier alpha value is -1.46. The van der Waals surface area contributed by atoms with Gasteiger partial charge < -0.3 is 20.3 Å². The van der Waals surface area contributed by atoms with Gasteiger partial charge in [0.2, 0.25) is 0 Å². The predicted molar refractivity (Wildman–Crippen MR) is 112 cm³/mol. The van der Waals surface area contributed by atoms with Gasteiger partial charge in [0.15, 0.2) is 5.96 Å². The van der Waals surface area contributed by atoms with Crippen LogP contribution in [0.15, 0.2) is 29.3 Å². The summed E-state index contributed by atoms with van der Waals surface area (Å²) in [6, 6.07) is 8.05. The number of guanidine groups is 1. The number of halogens is 1. The summed E-state index contributed by atoms with van der Waals surface area (Å²) in [6.07, 6.45) is 6.27. The van der Waals surface area contributed by atoms with Gasteiger partial charge in [0, 0.05) is 13.1 Å². The molecule has 0 amide bonds. The fraction of sp³-hybridized carbons (Fsp3) is 0.500. The number of benzene rings is 1. The van der Waals surface area contributed by atoms with Crippen LogP contribution < -0.4 is 15.4 Å². The van der Waals surface area contributed by atoms with Gasteiger partial charge in [-0.3, -0.25) is 0 Å². The van der Waals surface area contributed by atoms with Crippen LogP contribution in [0.1, 0.15) is 18.9 Å². The van der Waals surface area contributed by atoms with E-state index in [1.807, 2.05) is 31.2 Å². The minimum atomic E-state index is 0.